The first-order valence-electron chi connectivity index (χ1n) is 8.24. The van der Waals surface area contributed by atoms with Crippen molar-refractivity contribution in [2.24, 2.45) is 5.41 Å². The molecule has 0 radical (unpaired) electrons. The van der Waals surface area contributed by atoms with Crippen molar-refractivity contribution in [1.82, 2.24) is 4.90 Å². The van der Waals surface area contributed by atoms with Crippen LogP contribution in [0.15, 0.2) is 24.3 Å². The molecule has 1 amide bonds. The minimum Gasteiger partial charge on any atom is -0.481 e. The van der Waals surface area contributed by atoms with Gasteiger partial charge in [-0.2, -0.15) is 0 Å². The number of benzene rings is 1. The molecule has 2 saturated heterocycles. The lowest BCUT2D eigenvalue weighted by atomic mass is 9.90. The molecule has 26 heavy (non-hydrogen) atoms. The van der Waals surface area contributed by atoms with Crippen molar-refractivity contribution in [1.29, 1.82) is 0 Å². The summed E-state index contributed by atoms with van der Waals surface area (Å²) >= 11 is 0. The molecule has 0 aliphatic carbocycles. The van der Waals surface area contributed by atoms with E-state index in [-0.39, 0.29) is 18.2 Å². The van der Waals surface area contributed by atoms with Gasteiger partial charge in [-0.1, -0.05) is 6.07 Å². The number of alkyl halides is 3. The monoisotopic (exact) mass is 372 g/mol. The van der Waals surface area contributed by atoms with E-state index in [9.17, 15) is 27.9 Å². The van der Waals surface area contributed by atoms with E-state index in [2.05, 4.69) is 4.74 Å². The van der Waals surface area contributed by atoms with Crippen molar-refractivity contribution in [3.8, 4) is 5.75 Å². The second-order valence-corrected chi connectivity index (χ2v) is 6.93. The van der Waals surface area contributed by atoms with Crippen molar-refractivity contribution < 1.29 is 32.6 Å². The highest BCUT2D eigenvalue weighted by Gasteiger charge is 2.46. The molecule has 1 aromatic rings. The van der Waals surface area contributed by atoms with E-state index in [1.54, 1.807) is 13.0 Å². The summed E-state index contributed by atoms with van der Waals surface area (Å²) < 4.78 is 41.0. The van der Waals surface area contributed by atoms with Crippen LogP contribution >= 0.6 is 0 Å². The van der Waals surface area contributed by atoms with Crippen LogP contribution in [0.1, 0.15) is 19.8 Å². The molecule has 2 atom stereocenters. The third kappa shape index (κ3) is 3.62. The topological polar surface area (TPSA) is 70.1 Å². The number of carbonyl (C=O) groups is 2. The Bertz CT molecular complexity index is 724. The quantitative estimate of drug-likeness (QED) is 0.879. The van der Waals surface area contributed by atoms with E-state index in [4.69, 9.17) is 0 Å². The molecule has 2 aliphatic rings. The molecule has 0 saturated carbocycles. The van der Waals surface area contributed by atoms with Crippen LogP contribution in [0.25, 0.3) is 0 Å². The fourth-order valence-electron chi connectivity index (χ4n) is 3.55. The number of nitrogens with zero attached hydrogens (tertiary/aromatic N) is 2. The molecule has 2 heterocycles. The van der Waals surface area contributed by atoms with Gasteiger partial charge in [0, 0.05) is 31.4 Å². The highest BCUT2D eigenvalue weighted by molar-refractivity contribution is 5.99. The third-order valence-electron chi connectivity index (χ3n) is 5.00. The Morgan fingerprint density at radius 3 is 2.69 bits per heavy atom. The molecule has 0 aromatic heterocycles. The number of anilines is 1. The first kappa shape index (κ1) is 18.5. The van der Waals surface area contributed by atoms with Crippen LogP contribution in [0, 0.1) is 5.41 Å². The van der Waals surface area contributed by atoms with Gasteiger partial charge in [0.1, 0.15) is 5.75 Å². The Hall–Kier alpha value is -2.29. The van der Waals surface area contributed by atoms with Gasteiger partial charge >= 0.3 is 12.3 Å². The van der Waals surface area contributed by atoms with Gasteiger partial charge < -0.3 is 14.7 Å². The van der Waals surface area contributed by atoms with E-state index in [1.165, 1.54) is 23.1 Å². The fraction of sp³-hybridized carbons (Fsp3) is 0.529. The maximum absolute atomic E-state index is 12.7. The number of likely N-dealkylation sites (tertiary alicyclic amines) is 1. The Labute approximate surface area is 148 Å². The van der Waals surface area contributed by atoms with Gasteiger partial charge in [-0.05, 0) is 31.9 Å². The van der Waals surface area contributed by atoms with Crippen LogP contribution in [-0.4, -0.2) is 53.9 Å². The van der Waals surface area contributed by atoms with Crippen LogP contribution in [0.4, 0.5) is 18.9 Å². The van der Waals surface area contributed by atoms with Crippen LogP contribution < -0.4 is 9.64 Å². The zero-order valence-electron chi connectivity index (χ0n) is 14.1. The second kappa shape index (κ2) is 6.46. The number of ether oxygens (including phenoxy) is 1. The lowest BCUT2D eigenvalue weighted by Crippen LogP contribution is -2.42. The molecule has 0 bridgehead atoms. The van der Waals surface area contributed by atoms with Gasteiger partial charge in [0.05, 0.1) is 11.5 Å². The van der Waals surface area contributed by atoms with Gasteiger partial charge in [-0.3, -0.25) is 14.5 Å². The first-order chi connectivity index (χ1) is 12.1. The lowest BCUT2D eigenvalue weighted by molar-refractivity contribution is -0.274. The Morgan fingerprint density at radius 2 is 2.08 bits per heavy atom. The lowest BCUT2D eigenvalue weighted by Gasteiger charge is -2.25. The normalized spacial score (nSPS) is 27.2. The van der Waals surface area contributed by atoms with Gasteiger partial charge in [-0.25, -0.2) is 0 Å². The summed E-state index contributed by atoms with van der Waals surface area (Å²) in [5.74, 6) is -1.51. The zero-order chi connectivity index (χ0) is 19.1. The summed E-state index contributed by atoms with van der Waals surface area (Å²) in [7, 11) is 0. The van der Waals surface area contributed by atoms with Crippen molar-refractivity contribution in [2.75, 3.05) is 24.5 Å². The number of hydrogen-bond donors (Lipinski definition) is 1. The van der Waals surface area contributed by atoms with Crippen molar-refractivity contribution in [2.45, 2.75) is 32.2 Å². The largest absolute Gasteiger partial charge is 0.573 e. The SMILES string of the molecule is CC1(C(=O)O)CCN(C2CCN(c3cccc(OC(F)(F)F)c3)C2=O)C1. The van der Waals surface area contributed by atoms with E-state index in [0.717, 1.165) is 0 Å². The van der Waals surface area contributed by atoms with Gasteiger partial charge in [-0.15, -0.1) is 13.2 Å². The summed E-state index contributed by atoms with van der Waals surface area (Å²) in [5.41, 5.74) is -0.548. The second-order valence-electron chi connectivity index (χ2n) is 6.93. The zero-order valence-corrected chi connectivity index (χ0v) is 14.1. The molecule has 1 N–H and O–H groups in total. The van der Waals surface area contributed by atoms with Gasteiger partial charge in [0.25, 0.3) is 0 Å². The van der Waals surface area contributed by atoms with E-state index in [1.807, 2.05) is 4.90 Å². The van der Waals surface area contributed by atoms with Crippen LogP contribution in [0.2, 0.25) is 0 Å². The van der Waals surface area contributed by atoms with E-state index in [0.29, 0.717) is 31.6 Å². The van der Waals surface area contributed by atoms with Gasteiger partial charge in [0.2, 0.25) is 5.91 Å². The molecule has 2 aliphatic heterocycles. The molecule has 9 heteroatoms. The Kier molecular flexibility index (Phi) is 4.60. The summed E-state index contributed by atoms with van der Waals surface area (Å²) in [5, 5.41) is 9.32. The minimum absolute atomic E-state index is 0.233. The number of carboxylic acid groups (broad SMARTS) is 1. The molecule has 0 spiro atoms. The molecule has 142 valence electrons. The molecular formula is C17H19F3N2O4. The summed E-state index contributed by atoms with van der Waals surface area (Å²) in [6.45, 7) is 2.80. The summed E-state index contributed by atoms with van der Waals surface area (Å²) in [6.07, 6.45) is -3.84. The molecule has 6 nitrogen and oxygen atoms in total. The van der Waals surface area contributed by atoms with Crippen LogP contribution in [-0.2, 0) is 9.59 Å². The fourth-order valence-corrected chi connectivity index (χ4v) is 3.55. The van der Waals surface area contributed by atoms with Crippen LogP contribution in [0.5, 0.6) is 5.75 Å². The Morgan fingerprint density at radius 1 is 1.35 bits per heavy atom. The maximum atomic E-state index is 12.7. The molecular weight excluding hydrogens is 353 g/mol. The smallest absolute Gasteiger partial charge is 0.481 e. The van der Waals surface area contributed by atoms with E-state index < -0.39 is 23.8 Å². The molecule has 2 fully saturated rings. The molecule has 2 unspecified atom stereocenters. The highest BCUT2D eigenvalue weighted by atomic mass is 19.4. The average Bonchev–Trinajstić information content (AvgIpc) is 3.10. The predicted molar refractivity (Wildman–Crippen MR) is 85.8 cm³/mol. The number of hydrogen-bond acceptors (Lipinski definition) is 4. The minimum atomic E-state index is -4.80. The van der Waals surface area contributed by atoms with E-state index >= 15 is 0 Å². The Balaban J connectivity index is 1.72. The van der Waals surface area contributed by atoms with Crippen molar-refractivity contribution in [3.63, 3.8) is 0 Å². The number of halogens is 3. The maximum Gasteiger partial charge on any atom is 0.573 e. The number of rotatable bonds is 4. The summed E-state index contributed by atoms with van der Waals surface area (Å²) in [4.78, 5) is 27.4. The standard InChI is InChI=1S/C17H19F3N2O4/c1-16(15(24)25)6-8-21(10-16)13-5-7-22(14(13)23)11-3-2-4-12(9-11)26-17(18,19)20/h2-4,9,13H,5-8,10H2,1H3,(H,24,25). The molecule has 1 aromatic carbocycles. The predicted octanol–water partition coefficient (Wildman–Crippen LogP) is 2.49. The first-order valence-corrected chi connectivity index (χ1v) is 8.24. The number of carbonyl (C=O) groups excluding carboxylic acids is 1. The number of aliphatic carboxylic acids is 1. The van der Waals surface area contributed by atoms with Crippen LogP contribution in [0.3, 0.4) is 0 Å². The van der Waals surface area contributed by atoms with Crippen molar-refractivity contribution >= 4 is 17.6 Å². The van der Waals surface area contributed by atoms with Gasteiger partial charge in [0.15, 0.2) is 0 Å². The van der Waals surface area contributed by atoms with Crippen molar-refractivity contribution in [3.05, 3.63) is 24.3 Å². The number of amides is 1. The third-order valence-corrected chi connectivity index (χ3v) is 5.00. The number of carboxylic acids is 1. The molecule has 3 rings (SSSR count). The summed E-state index contributed by atoms with van der Waals surface area (Å²) in [6, 6.07) is 4.85. The average molecular weight is 372 g/mol. The highest BCUT2D eigenvalue weighted by Crippen LogP contribution is 2.35.